The molecule has 0 amide bonds. The highest BCUT2D eigenvalue weighted by Gasteiger charge is 2.18. The molecule has 4 heteroatoms. The van der Waals surface area contributed by atoms with Crippen LogP contribution in [0.25, 0.3) is 0 Å². The molecule has 1 fully saturated rings. The van der Waals surface area contributed by atoms with Crippen LogP contribution in [0.1, 0.15) is 23.9 Å². The lowest BCUT2D eigenvalue weighted by molar-refractivity contribution is 0.110. The van der Waals surface area contributed by atoms with Crippen LogP contribution >= 0.6 is 0 Å². The molecule has 1 aliphatic rings. The first-order valence-electron chi connectivity index (χ1n) is 5.86. The van der Waals surface area contributed by atoms with Crippen LogP contribution in [0.3, 0.4) is 0 Å². The lowest BCUT2D eigenvalue weighted by atomic mass is 10.3. The third-order valence-corrected chi connectivity index (χ3v) is 2.95. The highest BCUT2D eigenvalue weighted by atomic mass is 16.4. The van der Waals surface area contributed by atoms with Crippen LogP contribution in [0.2, 0.25) is 0 Å². The lowest BCUT2D eigenvalue weighted by Gasteiger charge is -2.34. The first-order chi connectivity index (χ1) is 7.83. The summed E-state index contributed by atoms with van der Waals surface area (Å²) in [6, 6.07) is 3.60. The number of nitrogens with zero attached hydrogens (tertiary/aromatic N) is 2. The van der Waals surface area contributed by atoms with E-state index in [1.54, 1.807) is 6.07 Å². The Bertz CT molecular complexity index is 341. The van der Waals surface area contributed by atoms with E-state index in [1.807, 2.05) is 6.07 Å². The highest BCUT2D eigenvalue weighted by molar-refractivity contribution is 5.71. The van der Waals surface area contributed by atoms with Crippen molar-refractivity contribution in [3.05, 3.63) is 17.9 Å². The molecule has 4 nitrogen and oxygen atoms in total. The van der Waals surface area contributed by atoms with Crippen LogP contribution in [0.15, 0.2) is 16.5 Å². The zero-order chi connectivity index (χ0) is 11.4. The van der Waals surface area contributed by atoms with Crippen LogP contribution in [0.5, 0.6) is 0 Å². The zero-order valence-electron chi connectivity index (χ0n) is 9.69. The minimum Gasteiger partial charge on any atom is -0.438 e. The molecule has 2 heterocycles. The first-order valence-corrected chi connectivity index (χ1v) is 5.86. The van der Waals surface area contributed by atoms with Crippen molar-refractivity contribution >= 4 is 12.2 Å². The van der Waals surface area contributed by atoms with E-state index in [-0.39, 0.29) is 0 Å². The first kappa shape index (κ1) is 11.2. The maximum atomic E-state index is 10.5. The monoisotopic (exact) mass is 222 g/mol. The quantitative estimate of drug-likeness (QED) is 0.725. The van der Waals surface area contributed by atoms with Crippen molar-refractivity contribution in [3.63, 3.8) is 0 Å². The Labute approximate surface area is 95.8 Å². The van der Waals surface area contributed by atoms with Gasteiger partial charge in [-0.3, -0.25) is 9.69 Å². The number of carbonyl (C=O) groups excluding carboxylic acids is 1. The maximum absolute atomic E-state index is 10.5. The number of hydrogen-bond acceptors (Lipinski definition) is 4. The molecular formula is C12H18N2O2. The molecule has 0 aliphatic carbocycles. The summed E-state index contributed by atoms with van der Waals surface area (Å²) in [5.74, 6) is 1.23. The lowest BCUT2D eigenvalue weighted by Crippen LogP contribution is -2.46. The molecule has 0 N–H and O–H groups in total. The van der Waals surface area contributed by atoms with E-state index in [2.05, 4.69) is 16.7 Å². The van der Waals surface area contributed by atoms with E-state index in [4.69, 9.17) is 4.42 Å². The summed E-state index contributed by atoms with van der Waals surface area (Å²) in [7, 11) is 0. The van der Waals surface area contributed by atoms with Crippen molar-refractivity contribution in [1.29, 1.82) is 0 Å². The maximum Gasteiger partial charge on any atom is 0.196 e. The Morgan fingerprint density at radius 2 is 2.06 bits per heavy atom. The molecule has 16 heavy (non-hydrogen) atoms. The molecule has 2 rings (SSSR count). The molecule has 0 bridgehead atoms. The highest BCUT2D eigenvalue weighted by Crippen LogP contribution is 2.19. The summed E-state index contributed by atoms with van der Waals surface area (Å²) >= 11 is 0. The molecule has 0 spiro atoms. The third kappa shape index (κ3) is 2.44. The van der Waals surface area contributed by atoms with E-state index in [9.17, 15) is 4.79 Å². The van der Waals surface area contributed by atoms with Crippen LogP contribution in [-0.4, -0.2) is 43.9 Å². The topological polar surface area (TPSA) is 36.7 Å². The van der Waals surface area contributed by atoms with Gasteiger partial charge >= 0.3 is 0 Å². The third-order valence-electron chi connectivity index (χ3n) is 2.95. The second-order valence-electron chi connectivity index (χ2n) is 4.12. The SMILES string of the molecule is CCCN1CCN(c2ccc(C=O)o2)CC1. The minimum absolute atomic E-state index is 0.408. The van der Waals surface area contributed by atoms with E-state index in [1.165, 1.54) is 13.0 Å². The molecule has 1 saturated heterocycles. The molecule has 0 atom stereocenters. The minimum atomic E-state index is 0.408. The number of piperazine rings is 1. The van der Waals surface area contributed by atoms with Gasteiger partial charge in [0, 0.05) is 32.2 Å². The average Bonchev–Trinajstić information content (AvgIpc) is 2.79. The van der Waals surface area contributed by atoms with Gasteiger partial charge in [0.05, 0.1) is 0 Å². The van der Waals surface area contributed by atoms with Gasteiger partial charge in [-0.1, -0.05) is 6.92 Å². The second kappa shape index (κ2) is 5.16. The Hall–Kier alpha value is -1.29. The summed E-state index contributed by atoms with van der Waals surface area (Å²) in [6.45, 7) is 7.48. The standard InChI is InChI=1S/C12H18N2O2/c1-2-5-13-6-8-14(9-7-13)12-4-3-11(10-15)16-12/h3-4,10H,2,5-9H2,1H3. The number of rotatable bonds is 4. The van der Waals surface area contributed by atoms with Gasteiger partial charge in [-0.2, -0.15) is 0 Å². The van der Waals surface area contributed by atoms with E-state index < -0.39 is 0 Å². The van der Waals surface area contributed by atoms with Gasteiger partial charge < -0.3 is 9.32 Å². The molecule has 1 aromatic rings. The van der Waals surface area contributed by atoms with Crippen molar-refractivity contribution in [1.82, 2.24) is 4.90 Å². The number of carbonyl (C=O) groups is 1. The number of hydrogen-bond donors (Lipinski definition) is 0. The Balaban J connectivity index is 1.91. The Morgan fingerprint density at radius 1 is 1.31 bits per heavy atom. The van der Waals surface area contributed by atoms with Crippen LogP contribution in [-0.2, 0) is 0 Å². The van der Waals surface area contributed by atoms with E-state index in [0.717, 1.165) is 38.3 Å². The van der Waals surface area contributed by atoms with Crippen LogP contribution in [0.4, 0.5) is 5.88 Å². The zero-order valence-corrected chi connectivity index (χ0v) is 9.69. The van der Waals surface area contributed by atoms with Gasteiger partial charge in [-0.05, 0) is 19.0 Å². The summed E-state index contributed by atoms with van der Waals surface area (Å²) in [6.07, 6.45) is 1.95. The van der Waals surface area contributed by atoms with Crippen molar-refractivity contribution in [2.45, 2.75) is 13.3 Å². The number of anilines is 1. The van der Waals surface area contributed by atoms with Crippen molar-refractivity contribution < 1.29 is 9.21 Å². The average molecular weight is 222 g/mol. The summed E-state index contributed by atoms with van der Waals surface area (Å²) in [4.78, 5) is 15.2. The second-order valence-corrected chi connectivity index (χ2v) is 4.12. The predicted molar refractivity (Wildman–Crippen MR) is 63.0 cm³/mol. The van der Waals surface area contributed by atoms with Gasteiger partial charge in [0.2, 0.25) is 0 Å². The van der Waals surface area contributed by atoms with E-state index in [0.29, 0.717) is 5.76 Å². The molecule has 0 unspecified atom stereocenters. The van der Waals surface area contributed by atoms with Crippen molar-refractivity contribution in [2.75, 3.05) is 37.6 Å². The van der Waals surface area contributed by atoms with Gasteiger partial charge in [-0.25, -0.2) is 0 Å². The van der Waals surface area contributed by atoms with Gasteiger partial charge in [0.15, 0.2) is 17.9 Å². The summed E-state index contributed by atoms with van der Waals surface area (Å²) in [5.41, 5.74) is 0. The summed E-state index contributed by atoms with van der Waals surface area (Å²) < 4.78 is 5.41. The fraction of sp³-hybridized carbons (Fsp3) is 0.583. The van der Waals surface area contributed by atoms with Crippen LogP contribution in [0, 0.1) is 0 Å². The van der Waals surface area contributed by atoms with Crippen molar-refractivity contribution in [2.24, 2.45) is 0 Å². The van der Waals surface area contributed by atoms with Crippen molar-refractivity contribution in [3.8, 4) is 0 Å². The van der Waals surface area contributed by atoms with Crippen LogP contribution < -0.4 is 4.90 Å². The fourth-order valence-corrected chi connectivity index (χ4v) is 2.08. The largest absolute Gasteiger partial charge is 0.438 e. The molecule has 0 aromatic carbocycles. The molecular weight excluding hydrogens is 204 g/mol. The smallest absolute Gasteiger partial charge is 0.196 e. The van der Waals surface area contributed by atoms with Gasteiger partial charge in [0.25, 0.3) is 0 Å². The fourth-order valence-electron chi connectivity index (χ4n) is 2.08. The molecule has 0 radical (unpaired) electrons. The number of aldehydes is 1. The molecule has 1 aliphatic heterocycles. The Kier molecular flexibility index (Phi) is 3.62. The normalized spacial score (nSPS) is 17.7. The molecule has 0 saturated carbocycles. The molecule has 1 aromatic heterocycles. The Morgan fingerprint density at radius 3 is 2.62 bits per heavy atom. The summed E-state index contributed by atoms with van der Waals surface area (Å²) in [5, 5.41) is 0. The number of furan rings is 1. The van der Waals surface area contributed by atoms with E-state index >= 15 is 0 Å². The van der Waals surface area contributed by atoms with Gasteiger partial charge in [-0.15, -0.1) is 0 Å². The molecule has 88 valence electrons. The van der Waals surface area contributed by atoms with Gasteiger partial charge in [0.1, 0.15) is 0 Å². The predicted octanol–water partition coefficient (Wildman–Crippen LogP) is 1.62.